The molecule has 0 unspecified atom stereocenters. The van der Waals surface area contributed by atoms with Crippen molar-refractivity contribution in [3.63, 3.8) is 0 Å². The second-order valence-electron chi connectivity index (χ2n) is 4.39. The minimum Gasteiger partial charge on any atom is -0.339 e. The van der Waals surface area contributed by atoms with Crippen LogP contribution in [0, 0.1) is 6.92 Å². The molecule has 0 spiro atoms. The molecule has 6 heteroatoms. The van der Waals surface area contributed by atoms with E-state index in [9.17, 15) is 0 Å². The Morgan fingerprint density at radius 2 is 1.94 bits per heavy atom. The number of fused-ring (bicyclic) bond motifs is 1. The molecule has 90 valence electrons. The Morgan fingerprint density at radius 3 is 2.71 bits per heavy atom. The number of hydrogen-bond acceptors (Lipinski definition) is 4. The van der Waals surface area contributed by atoms with Gasteiger partial charge in [-0.05, 0) is 32.3 Å². The van der Waals surface area contributed by atoms with E-state index in [1.54, 1.807) is 10.6 Å². The molecule has 1 aliphatic heterocycles. The first-order valence-electron chi connectivity index (χ1n) is 5.89. The molecule has 2 aromatic rings. The SMILES string of the molecule is Cc1cc(Cl)n2nc(N3CCCCC3)nc2n1. The van der Waals surface area contributed by atoms with Crippen LogP contribution in [0.2, 0.25) is 5.15 Å². The van der Waals surface area contributed by atoms with Crippen molar-refractivity contribution in [1.29, 1.82) is 0 Å². The third kappa shape index (κ3) is 1.95. The van der Waals surface area contributed by atoms with Gasteiger partial charge in [-0.2, -0.15) is 9.50 Å². The van der Waals surface area contributed by atoms with E-state index in [1.807, 2.05) is 6.92 Å². The van der Waals surface area contributed by atoms with Crippen LogP contribution in [0.4, 0.5) is 5.95 Å². The number of hydrogen-bond donors (Lipinski definition) is 0. The standard InChI is InChI=1S/C11H14ClN5/c1-8-7-9(12)17-10(13-8)14-11(15-17)16-5-3-2-4-6-16/h7H,2-6H2,1H3. The minimum absolute atomic E-state index is 0.559. The van der Waals surface area contributed by atoms with Crippen molar-refractivity contribution < 1.29 is 0 Å². The largest absolute Gasteiger partial charge is 0.339 e. The van der Waals surface area contributed by atoms with Crippen LogP contribution < -0.4 is 4.90 Å². The van der Waals surface area contributed by atoms with E-state index in [-0.39, 0.29) is 0 Å². The number of piperidine rings is 1. The zero-order valence-corrected chi connectivity index (χ0v) is 10.5. The van der Waals surface area contributed by atoms with Crippen LogP contribution in [-0.4, -0.2) is 32.7 Å². The number of anilines is 1. The maximum absolute atomic E-state index is 6.12. The second kappa shape index (κ2) is 4.14. The molecule has 1 fully saturated rings. The van der Waals surface area contributed by atoms with Crippen LogP contribution in [0.3, 0.4) is 0 Å². The van der Waals surface area contributed by atoms with Crippen LogP contribution in [-0.2, 0) is 0 Å². The topological polar surface area (TPSA) is 46.3 Å². The average molecular weight is 252 g/mol. The van der Waals surface area contributed by atoms with Gasteiger partial charge in [0.05, 0.1) is 0 Å². The second-order valence-corrected chi connectivity index (χ2v) is 4.78. The number of aromatic nitrogens is 4. The summed E-state index contributed by atoms with van der Waals surface area (Å²) in [5.74, 6) is 1.32. The zero-order valence-electron chi connectivity index (χ0n) is 9.73. The van der Waals surface area contributed by atoms with Crippen LogP contribution >= 0.6 is 11.6 Å². The first-order chi connectivity index (χ1) is 8.24. The number of aryl methyl sites for hydroxylation is 1. The zero-order chi connectivity index (χ0) is 11.8. The van der Waals surface area contributed by atoms with Gasteiger partial charge in [-0.1, -0.05) is 11.6 Å². The highest BCUT2D eigenvalue weighted by atomic mass is 35.5. The summed E-state index contributed by atoms with van der Waals surface area (Å²) in [6.45, 7) is 3.95. The quantitative estimate of drug-likeness (QED) is 0.728. The summed E-state index contributed by atoms with van der Waals surface area (Å²) in [6, 6.07) is 1.79. The van der Waals surface area contributed by atoms with Gasteiger partial charge in [0.15, 0.2) is 0 Å². The fraction of sp³-hybridized carbons (Fsp3) is 0.545. The Hall–Kier alpha value is -1.36. The lowest BCUT2D eigenvalue weighted by Crippen LogP contribution is -2.30. The summed E-state index contributed by atoms with van der Waals surface area (Å²) in [5, 5.41) is 4.97. The minimum atomic E-state index is 0.559. The lowest BCUT2D eigenvalue weighted by atomic mass is 10.1. The van der Waals surface area contributed by atoms with E-state index >= 15 is 0 Å². The lowest BCUT2D eigenvalue weighted by Gasteiger charge is -2.24. The summed E-state index contributed by atoms with van der Waals surface area (Å²) in [7, 11) is 0. The molecule has 2 aromatic heterocycles. The van der Waals surface area contributed by atoms with E-state index < -0.39 is 0 Å². The molecule has 0 aromatic carbocycles. The molecular formula is C11H14ClN5. The van der Waals surface area contributed by atoms with E-state index in [2.05, 4.69) is 20.0 Å². The van der Waals surface area contributed by atoms with Crippen LogP contribution in [0.1, 0.15) is 25.0 Å². The Bertz CT molecular complexity index is 544. The molecule has 0 saturated carbocycles. The van der Waals surface area contributed by atoms with Crippen molar-refractivity contribution in [3.8, 4) is 0 Å². The van der Waals surface area contributed by atoms with E-state index in [4.69, 9.17) is 11.6 Å². The van der Waals surface area contributed by atoms with Crippen molar-refractivity contribution >= 4 is 23.3 Å². The summed E-state index contributed by atoms with van der Waals surface area (Å²) < 4.78 is 1.60. The normalized spacial score (nSPS) is 16.7. The van der Waals surface area contributed by atoms with Gasteiger partial charge in [-0.15, -0.1) is 5.10 Å². The molecule has 1 aliphatic rings. The van der Waals surface area contributed by atoms with Gasteiger partial charge < -0.3 is 4.90 Å². The fourth-order valence-corrected chi connectivity index (χ4v) is 2.43. The smallest absolute Gasteiger partial charge is 0.255 e. The van der Waals surface area contributed by atoms with Crippen LogP contribution in [0.5, 0.6) is 0 Å². The van der Waals surface area contributed by atoms with Gasteiger partial charge >= 0.3 is 0 Å². The van der Waals surface area contributed by atoms with Crippen molar-refractivity contribution in [1.82, 2.24) is 19.6 Å². The Labute approximate surface area is 104 Å². The van der Waals surface area contributed by atoms with E-state index in [0.717, 1.165) is 24.7 Å². The number of nitrogens with zero attached hydrogens (tertiary/aromatic N) is 5. The van der Waals surface area contributed by atoms with Crippen LogP contribution in [0.15, 0.2) is 6.07 Å². The van der Waals surface area contributed by atoms with Gasteiger partial charge in [-0.3, -0.25) is 0 Å². The van der Waals surface area contributed by atoms with Gasteiger partial charge in [0.25, 0.3) is 5.78 Å². The van der Waals surface area contributed by atoms with Gasteiger partial charge in [0.2, 0.25) is 5.95 Å². The monoisotopic (exact) mass is 251 g/mol. The van der Waals surface area contributed by atoms with Gasteiger partial charge in [0.1, 0.15) is 5.15 Å². The van der Waals surface area contributed by atoms with Crippen molar-refractivity contribution in [2.75, 3.05) is 18.0 Å². The molecule has 0 amide bonds. The summed E-state index contributed by atoms with van der Waals surface area (Å²) in [4.78, 5) is 11.0. The highest BCUT2D eigenvalue weighted by molar-refractivity contribution is 6.29. The molecule has 5 nitrogen and oxygen atoms in total. The number of halogens is 1. The summed E-state index contributed by atoms with van der Waals surface area (Å²) in [6.07, 6.45) is 3.70. The molecule has 3 rings (SSSR count). The molecular weight excluding hydrogens is 238 g/mol. The molecule has 3 heterocycles. The number of rotatable bonds is 1. The van der Waals surface area contributed by atoms with Crippen LogP contribution in [0.25, 0.3) is 5.78 Å². The molecule has 0 radical (unpaired) electrons. The Morgan fingerprint density at radius 1 is 1.18 bits per heavy atom. The van der Waals surface area contributed by atoms with Gasteiger partial charge in [0, 0.05) is 18.8 Å². The average Bonchev–Trinajstić information content (AvgIpc) is 2.74. The highest BCUT2D eigenvalue weighted by Crippen LogP contribution is 2.18. The summed E-state index contributed by atoms with van der Waals surface area (Å²) >= 11 is 6.12. The van der Waals surface area contributed by atoms with E-state index in [0.29, 0.717) is 10.9 Å². The molecule has 0 aliphatic carbocycles. The highest BCUT2D eigenvalue weighted by Gasteiger charge is 2.17. The van der Waals surface area contributed by atoms with Crippen molar-refractivity contribution in [2.24, 2.45) is 0 Å². The van der Waals surface area contributed by atoms with Crippen molar-refractivity contribution in [2.45, 2.75) is 26.2 Å². The summed E-state index contributed by atoms with van der Waals surface area (Å²) in [5.41, 5.74) is 0.861. The molecule has 1 saturated heterocycles. The lowest BCUT2D eigenvalue weighted by molar-refractivity contribution is 0.568. The molecule has 17 heavy (non-hydrogen) atoms. The Kier molecular flexibility index (Phi) is 2.63. The molecule has 0 atom stereocenters. The van der Waals surface area contributed by atoms with Gasteiger partial charge in [-0.25, -0.2) is 4.98 Å². The predicted octanol–water partition coefficient (Wildman–Crippen LogP) is 2.08. The maximum Gasteiger partial charge on any atom is 0.255 e. The fourth-order valence-electron chi connectivity index (χ4n) is 2.16. The van der Waals surface area contributed by atoms with Crippen molar-refractivity contribution in [3.05, 3.63) is 16.9 Å². The van der Waals surface area contributed by atoms with E-state index in [1.165, 1.54) is 19.3 Å². The first-order valence-corrected chi connectivity index (χ1v) is 6.27. The predicted molar refractivity (Wildman–Crippen MR) is 66.6 cm³/mol. The first kappa shape index (κ1) is 10.8. The third-order valence-electron chi connectivity index (χ3n) is 3.02. The molecule has 0 N–H and O–H groups in total. The molecule has 0 bridgehead atoms. The third-order valence-corrected chi connectivity index (χ3v) is 3.29. The maximum atomic E-state index is 6.12. The Balaban J connectivity index is 2.03.